The smallest absolute Gasteiger partial charge is 0.228 e. The van der Waals surface area contributed by atoms with E-state index >= 15 is 0 Å². The molecule has 0 bridgehead atoms. The topological polar surface area (TPSA) is 78.0 Å². The number of rotatable bonds is 1. The fraction of sp³-hybridized carbons (Fsp3) is 0.571. The van der Waals surface area contributed by atoms with Crippen LogP contribution in [0.15, 0.2) is 12.7 Å². The molecule has 0 unspecified atom stereocenters. The number of aromatic amines is 1. The van der Waals surface area contributed by atoms with E-state index in [9.17, 15) is 4.79 Å². The summed E-state index contributed by atoms with van der Waals surface area (Å²) in [6, 6.07) is 0. The third-order valence-corrected chi connectivity index (χ3v) is 3.71. The van der Waals surface area contributed by atoms with E-state index in [0.29, 0.717) is 5.65 Å². The van der Waals surface area contributed by atoms with Gasteiger partial charge in [-0.3, -0.25) is 4.79 Å². The van der Waals surface area contributed by atoms with Crippen LogP contribution in [0.5, 0.6) is 0 Å². The normalized spacial score (nSPS) is 16.5. The van der Waals surface area contributed by atoms with Crippen molar-refractivity contribution in [2.24, 2.45) is 5.41 Å². The zero-order valence-electron chi connectivity index (χ0n) is 12.6. The summed E-state index contributed by atoms with van der Waals surface area (Å²) in [5.41, 5.74) is 1.20. The van der Waals surface area contributed by atoms with E-state index in [-0.39, 0.29) is 11.3 Å². The number of aromatic nitrogens is 4. The van der Waals surface area contributed by atoms with Crippen LogP contribution in [-0.2, 0) is 4.79 Å². The first kappa shape index (κ1) is 13.8. The minimum absolute atomic E-state index is 0.205. The first-order valence-electron chi connectivity index (χ1n) is 7.15. The number of hydrogen-bond acceptors (Lipinski definition) is 5. The molecule has 21 heavy (non-hydrogen) atoms. The predicted molar refractivity (Wildman–Crippen MR) is 79.9 cm³/mol. The van der Waals surface area contributed by atoms with Gasteiger partial charge in [0.25, 0.3) is 0 Å². The van der Waals surface area contributed by atoms with Gasteiger partial charge in [-0.2, -0.15) is 0 Å². The van der Waals surface area contributed by atoms with Gasteiger partial charge in [-0.15, -0.1) is 0 Å². The fourth-order valence-corrected chi connectivity index (χ4v) is 2.59. The van der Waals surface area contributed by atoms with Crippen molar-refractivity contribution in [2.75, 3.05) is 31.1 Å². The Kier molecular flexibility index (Phi) is 3.27. The molecule has 1 N–H and O–H groups in total. The molecule has 2 aromatic rings. The Morgan fingerprint density at radius 3 is 2.52 bits per heavy atom. The molecule has 0 radical (unpaired) electrons. The van der Waals surface area contributed by atoms with Gasteiger partial charge in [-0.25, -0.2) is 15.0 Å². The zero-order valence-corrected chi connectivity index (χ0v) is 12.6. The number of carbonyl (C=O) groups excluding carboxylic acids is 1. The van der Waals surface area contributed by atoms with Crippen LogP contribution >= 0.6 is 0 Å². The first-order chi connectivity index (χ1) is 9.97. The van der Waals surface area contributed by atoms with Crippen LogP contribution in [0.1, 0.15) is 20.8 Å². The number of piperazine rings is 1. The van der Waals surface area contributed by atoms with Crippen molar-refractivity contribution < 1.29 is 4.79 Å². The molecule has 112 valence electrons. The van der Waals surface area contributed by atoms with Crippen LogP contribution < -0.4 is 4.90 Å². The maximum Gasteiger partial charge on any atom is 0.228 e. The number of hydrogen-bond donors (Lipinski definition) is 1. The van der Waals surface area contributed by atoms with Gasteiger partial charge in [0.1, 0.15) is 11.8 Å². The molecule has 2 aromatic heterocycles. The van der Waals surface area contributed by atoms with Gasteiger partial charge in [0, 0.05) is 31.6 Å². The van der Waals surface area contributed by atoms with Crippen molar-refractivity contribution in [3.63, 3.8) is 0 Å². The van der Waals surface area contributed by atoms with Crippen LogP contribution in [0, 0.1) is 5.41 Å². The van der Waals surface area contributed by atoms with E-state index < -0.39 is 0 Å². The molecule has 7 nitrogen and oxygen atoms in total. The van der Waals surface area contributed by atoms with Crippen molar-refractivity contribution in [2.45, 2.75) is 20.8 Å². The summed E-state index contributed by atoms with van der Waals surface area (Å²) in [6.07, 6.45) is 3.16. The molecular weight excluding hydrogens is 268 g/mol. The highest BCUT2D eigenvalue weighted by molar-refractivity contribution is 5.84. The van der Waals surface area contributed by atoms with Crippen molar-refractivity contribution in [3.8, 4) is 0 Å². The largest absolute Gasteiger partial charge is 0.351 e. The molecule has 1 aliphatic heterocycles. The number of H-pyrrole nitrogens is 1. The lowest BCUT2D eigenvalue weighted by molar-refractivity contribution is -0.139. The molecule has 0 aliphatic carbocycles. The van der Waals surface area contributed by atoms with Crippen molar-refractivity contribution >= 4 is 22.9 Å². The molecule has 3 heterocycles. The predicted octanol–water partition coefficient (Wildman–Crippen LogP) is 1.05. The Morgan fingerprint density at radius 1 is 1.14 bits per heavy atom. The summed E-state index contributed by atoms with van der Waals surface area (Å²) in [5, 5.41) is 0. The Balaban J connectivity index is 1.74. The van der Waals surface area contributed by atoms with Crippen LogP contribution in [0.3, 0.4) is 0 Å². The maximum absolute atomic E-state index is 12.3. The highest BCUT2D eigenvalue weighted by Crippen LogP contribution is 2.23. The molecule has 3 rings (SSSR count). The Bertz CT molecular complexity index is 651. The monoisotopic (exact) mass is 288 g/mol. The van der Waals surface area contributed by atoms with Crippen molar-refractivity contribution in [1.82, 2.24) is 24.8 Å². The summed E-state index contributed by atoms with van der Waals surface area (Å²) in [4.78, 5) is 32.1. The number of imidazole rings is 1. The van der Waals surface area contributed by atoms with Crippen LogP contribution in [0.4, 0.5) is 5.82 Å². The van der Waals surface area contributed by atoms with Crippen molar-refractivity contribution in [1.29, 1.82) is 0 Å². The highest BCUT2D eigenvalue weighted by Gasteiger charge is 2.30. The van der Waals surface area contributed by atoms with E-state index in [4.69, 9.17) is 0 Å². The number of fused-ring (bicyclic) bond motifs is 1. The number of amides is 1. The Morgan fingerprint density at radius 2 is 1.86 bits per heavy atom. The Labute approximate surface area is 123 Å². The van der Waals surface area contributed by atoms with E-state index in [1.807, 2.05) is 25.7 Å². The molecule has 1 amide bonds. The van der Waals surface area contributed by atoms with E-state index in [1.54, 1.807) is 6.33 Å². The summed E-state index contributed by atoms with van der Waals surface area (Å²) in [6.45, 7) is 8.85. The van der Waals surface area contributed by atoms with Crippen LogP contribution in [0.2, 0.25) is 0 Å². The lowest BCUT2D eigenvalue weighted by Crippen LogP contribution is -2.51. The van der Waals surface area contributed by atoms with Crippen LogP contribution in [0.25, 0.3) is 11.2 Å². The van der Waals surface area contributed by atoms with Crippen LogP contribution in [-0.4, -0.2) is 56.9 Å². The number of nitrogens with zero attached hydrogens (tertiary/aromatic N) is 5. The van der Waals surface area contributed by atoms with Gasteiger partial charge >= 0.3 is 0 Å². The molecule has 1 saturated heterocycles. The molecule has 0 saturated carbocycles. The Hall–Kier alpha value is -2.18. The van der Waals surface area contributed by atoms with Gasteiger partial charge in [-0.1, -0.05) is 20.8 Å². The minimum atomic E-state index is -0.326. The zero-order chi connectivity index (χ0) is 15.0. The summed E-state index contributed by atoms with van der Waals surface area (Å²) >= 11 is 0. The third-order valence-electron chi connectivity index (χ3n) is 3.71. The van der Waals surface area contributed by atoms with E-state index in [1.165, 1.54) is 6.33 Å². The summed E-state index contributed by atoms with van der Waals surface area (Å²) in [7, 11) is 0. The molecule has 0 atom stereocenters. The van der Waals surface area contributed by atoms with Crippen molar-refractivity contribution in [3.05, 3.63) is 12.7 Å². The minimum Gasteiger partial charge on any atom is -0.351 e. The third kappa shape index (κ3) is 2.55. The lowest BCUT2D eigenvalue weighted by atomic mass is 9.94. The maximum atomic E-state index is 12.3. The van der Waals surface area contributed by atoms with Gasteiger partial charge in [0.05, 0.1) is 6.33 Å². The molecule has 1 fully saturated rings. The quantitative estimate of drug-likeness (QED) is 0.848. The SMILES string of the molecule is CC(C)(C)C(=O)N1CCN(c2ncnc3nc[nH]c23)CC1. The lowest BCUT2D eigenvalue weighted by Gasteiger charge is -2.38. The van der Waals surface area contributed by atoms with Gasteiger partial charge < -0.3 is 14.8 Å². The average Bonchev–Trinajstić information content (AvgIpc) is 2.94. The summed E-state index contributed by atoms with van der Waals surface area (Å²) < 4.78 is 0. The standard InChI is InChI=1S/C14H20N6O/c1-14(2,3)13(21)20-6-4-19(5-7-20)12-10-11(16-8-15-10)17-9-18-12/h8-9H,4-7H2,1-3H3,(H,15,16,17,18). The average molecular weight is 288 g/mol. The van der Waals surface area contributed by atoms with Gasteiger partial charge in [0.15, 0.2) is 11.5 Å². The number of nitrogens with one attached hydrogen (secondary N) is 1. The van der Waals surface area contributed by atoms with E-state index in [2.05, 4.69) is 24.8 Å². The fourth-order valence-electron chi connectivity index (χ4n) is 2.59. The van der Waals surface area contributed by atoms with E-state index in [0.717, 1.165) is 37.5 Å². The number of anilines is 1. The highest BCUT2D eigenvalue weighted by atomic mass is 16.2. The molecule has 0 spiro atoms. The second kappa shape index (κ2) is 4.98. The second-order valence-corrected chi connectivity index (χ2v) is 6.33. The number of carbonyl (C=O) groups is 1. The van der Waals surface area contributed by atoms with Gasteiger partial charge in [0.2, 0.25) is 5.91 Å². The first-order valence-corrected chi connectivity index (χ1v) is 7.15. The van der Waals surface area contributed by atoms with Gasteiger partial charge in [-0.05, 0) is 0 Å². The molecule has 1 aliphatic rings. The summed E-state index contributed by atoms with van der Waals surface area (Å²) in [5.74, 6) is 1.07. The molecule has 7 heteroatoms. The molecule has 0 aromatic carbocycles. The molecular formula is C14H20N6O. The second-order valence-electron chi connectivity index (χ2n) is 6.33.